The molecule has 0 fully saturated rings. The molecule has 0 aliphatic heterocycles. The molecule has 0 aliphatic carbocycles. The van der Waals surface area contributed by atoms with Crippen LogP contribution in [0.15, 0.2) is 97.6 Å². The van der Waals surface area contributed by atoms with E-state index in [1.807, 2.05) is 73.3 Å². The molecule has 2 heterocycles. The Balaban J connectivity index is 0.960. The zero-order chi connectivity index (χ0) is 35.2. The van der Waals surface area contributed by atoms with Crippen molar-refractivity contribution < 1.29 is 28.2 Å². The van der Waals surface area contributed by atoms with Crippen molar-refractivity contribution in [3.05, 3.63) is 120 Å². The lowest BCUT2D eigenvalue weighted by Crippen LogP contribution is -2.34. The number of ether oxygens (including phenoxy) is 2. The fraction of sp³-hybridized carbons (Fsp3) is 0.300. The maximum atomic E-state index is 12.2. The summed E-state index contributed by atoms with van der Waals surface area (Å²) in [5.74, 6) is 3.52. The first kappa shape index (κ1) is 38.3. The maximum Gasteiger partial charge on any atom is 0.220 e. The highest BCUT2D eigenvalue weighted by Crippen LogP contribution is 2.19. The van der Waals surface area contributed by atoms with Gasteiger partial charge in [0.05, 0.1) is 14.2 Å². The van der Waals surface area contributed by atoms with Gasteiger partial charge in [0.1, 0.15) is 24.6 Å². The molecule has 2 amide bonds. The number of hydrogen-bond acceptors (Lipinski definition) is 6. The number of aromatic nitrogens is 2. The molecule has 0 radical (unpaired) electrons. The van der Waals surface area contributed by atoms with E-state index in [1.165, 1.54) is 0 Å². The van der Waals surface area contributed by atoms with Crippen LogP contribution in [-0.2, 0) is 22.7 Å². The summed E-state index contributed by atoms with van der Waals surface area (Å²) in [5.41, 5.74) is 4.47. The van der Waals surface area contributed by atoms with Crippen molar-refractivity contribution >= 4 is 57.7 Å². The highest BCUT2D eigenvalue weighted by molar-refractivity contribution is 8.76. The van der Waals surface area contributed by atoms with Gasteiger partial charge in [0.2, 0.25) is 11.8 Å². The molecule has 262 valence electrons. The fourth-order valence-electron chi connectivity index (χ4n) is 4.88. The Hall–Kier alpha value is -4.54. The van der Waals surface area contributed by atoms with Gasteiger partial charge in [0.25, 0.3) is 0 Å². The number of methoxy groups -OCH3 is 2. The minimum atomic E-state index is 0.0816. The number of nitrogens with one attached hydrogen (secondary N) is 2. The molecule has 10 heteroatoms. The van der Waals surface area contributed by atoms with Crippen molar-refractivity contribution in [3.8, 4) is 11.5 Å². The zero-order valence-corrected chi connectivity index (χ0v) is 30.6. The first-order valence-electron chi connectivity index (χ1n) is 16.9. The minimum Gasteiger partial charge on any atom is -0.497 e. The Labute approximate surface area is 304 Å². The van der Waals surface area contributed by atoms with Gasteiger partial charge in [0.15, 0.2) is 24.8 Å². The molecule has 2 aromatic heterocycles. The zero-order valence-electron chi connectivity index (χ0n) is 29.0. The molecule has 0 aliphatic rings. The van der Waals surface area contributed by atoms with E-state index >= 15 is 0 Å². The quantitative estimate of drug-likeness (QED) is 0.0584. The Morgan fingerprint density at radius 3 is 1.24 bits per heavy atom. The second kappa shape index (κ2) is 22.2. The van der Waals surface area contributed by atoms with Gasteiger partial charge in [-0.25, -0.2) is 9.13 Å². The average Bonchev–Trinajstić information content (AvgIpc) is 3.15. The van der Waals surface area contributed by atoms with Crippen LogP contribution in [0.2, 0.25) is 0 Å². The molecule has 2 aromatic carbocycles. The van der Waals surface area contributed by atoms with E-state index in [0.717, 1.165) is 71.2 Å². The van der Waals surface area contributed by atoms with Crippen LogP contribution in [0.5, 0.6) is 11.5 Å². The summed E-state index contributed by atoms with van der Waals surface area (Å²) >= 11 is 0. The van der Waals surface area contributed by atoms with Crippen LogP contribution in [-0.4, -0.2) is 50.6 Å². The maximum absolute atomic E-state index is 12.2. The molecule has 8 nitrogen and oxygen atoms in total. The predicted molar refractivity (Wildman–Crippen MR) is 207 cm³/mol. The van der Waals surface area contributed by atoms with Crippen LogP contribution >= 0.6 is 21.6 Å². The molecule has 0 spiro atoms. The summed E-state index contributed by atoms with van der Waals surface area (Å²) in [4.78, 5) is 24.5. The van der Waals surface area contributed by atoms with E-state index in [2.05, 4.69) is 68.3 Å². The second-order valence-electron chi connectivity index (χ2n) is 11.5. The topological polar surface area (TPSA) is 84.4 Å². The third-order valence-corrected chi connectivity index (χ3v) is 10.1. The lowest BCUT2D eigenvalue weighted by molar-refractivity contribution is -0.697. The van der Waals surface area contributed by atoms with Crippen LogP contribution in [0, 0.1) is 0 Å². The number of hydrogen-bond donors (Lipinski definition) is 2. The van der Waals surface area contributed by atoms with Crippen LogP contribution in [0.25, 0.3) is 24.3 Å². The predicted octanol–water partition coefficient (Wildman–Crippen LogP) is 6.49. The smallest absolute Gasteiger partial charge is 0.220 e. The lowest BCUT2D eigenvalue weighted by Gasteiger charge is -2.06. The Bertz CT molecular complexity index is 1520. The van der Waals surface area contributed by atoms with Crippen molar-refractivity contribution in [2.24, 2.45) is 0 Å². The van der Waals surface area contributed by atoms with Crippen molar-refractivity contribution in [2.45, 2.75) is 38.8 Å². The van der Waals surface area contributed by atoms with E-state index in [1.54, 1.807) is 35.8 Å². The highest BCUT2D eigenvalue weighted by atomic mass is 33.1. The number of carbonyl (C=O) groups excluding carboxylic acids is 2. The second-order valence-corrected chi connectivity index (χ2v) is 14.2. The van der Waals surface area contributed by atoms with Gasteiger partial charge in [-0.1, -0.05) is 70.2 Å². The molecule has 2 N–H and O–H groups in total. The van der Waals surface area contributed by atoms with Gasteiger partial charge in [-0.3, -0.25) is 9.59 Å². The van der Waals surface area contributed by atoms with Gasteiger partial charge < -0.3 is 20.1 Å². The third-order valence-electron chi connectivity index (χ3n) is 7.74. The molecule has 4 rings (SSSR count). The summed E-state index contributed by atoms with van der Waals surface area (Å²) in [6.45, 7) is 2.87. The van der Waals surface area contributed by atoms with Crippen LogP contribution in [0.3, 0.4) is 0 Å². The summed E-state index contributed by atoms with van der Waals surface area (Å²) < 4.78 is 14.6. The van der Waals surface area contributed by atoms with Crippen LogP contribution < -0.4 is 29.2 Å². The Morgan fingerprint density at radius 2 is 0.900 bits per heavy atom. The number of rotatable bonds is 21. The summed E-state index contributed by atoms with van der Waals surface area (Å²) in [7, 11) is 6.76. The number of nitrogens with zero attached hydrogens (tertiary/aromatic N) is 2. The van der Waals surface area contributed by atoms with Crippen LogP contribution in [0.1, 0.15) is 47.9 Å². The number of amides is 2. The Morgan fingerprint density at radius 1 is 0.560 bits per heavy atom. The van der Waals surface area contributed by atoms with Gasteiger partial charge in [0, 0.05) is 74.5 Å². The first-order valence-corrected chi connectivity index (χ1v) is 19.4. The summed E-state index contributed by atoms with van der Waals surface area (Å²) in [6, 6.07) is 24.2. The average molecular weight is 713 g/mol. The van der Waals surface area contributed by atoms with Gasteiger partial charge >= 0.3 is 0 Å². The van der Waals surface area contributed by atoms with Crippen molar-refractivity contribution in [1.82, 2.24) is 10.6 Å². The Kier molecular flexibility index (Phi) is 17.0. The molecule has 4 aromatic rings. The normalized spacial score (nSPS) is 11.2. The molecule has 0 saturated heterocycles. The number of benzene rings is 2. The van der Waals surface area contributed by atoms with Crippen LogP contribution in [0.4, 0.5) is 0 Å². The molecular formula is C40H48N4O4S2+2. The van der Waals surface area contributed by atoms with E-state index in [9.17, 15) is 9.59 Å². The molecule has 0 bridgehead atoms. The van der Waals surface area contributed by atoms with Crippen molar-refractivity contribution in [3.63, 3.8) is 0 Å². The standard InChI is InChI=1S/C40H46N4O4S2/c1-47-37-15-11-33(12-16-37)7-9-35-19-27-43(28-20-35)25-3-5-39(45)41-23-31-49-50-32-24-42-40(46)6-4-26-44-29-21-36(22-30-44)10-8-34-13-17-38(48-2)18-14-34/h7-22,27-30H,3-6,23-26,31-32H2,1-2H3/p+2. The largest absolute Gasteiger partial charge is 0.497 e. The first-order chi connectivity index (χ1) is 24.5. The van der Waals surface area contributed by atoms with Crippen molar-refractivity contribution in [2.75, 3.05) is 38.8 Å². The van der Waals surface area contributed by atoms with Gasteiger partial charge in [-0.15, -0.1) is 0 Å². The molecule has 0 unspecified atom stereocenters. The molecular weight excluding hydrogens is 665 g/mol. The SMILES string of the molecule is COc1ccc(C=Cc2cc[n+](CCCC(=O)NCCSSCCNC(=O)CCC[n+]3ccc(C=Cc4ccc(OC)cc4)cc3)cc2)cc1. The van der Waals surface area contributed by atoms with Gasteiger partial charge in [-0.05, 0) is 46.5 Å². The minimum absolute atomic E-state index is 0.0816. The molecule has 0 atom stereocenters. The molecule has 50 heavy (non-hydrogen) atoms. The lowest BCUT2D eigenvalue weighted by atomic mass is 10.1. The number of aryl methyl sites for hydroxylation is 2. The highest BCUT2D eigenvalue weighted by Gasteiger charge is 2.07. The summed E-state index contributed by atoms with van der Waals surface area (Å²) in [6.07, 6.45) is 19.1. The third kappa shape index (κ3) is 14.9. The van der Waals surface area contributed by atoms with E-state index in [-0.39, 0.29) is 11.8 Å². The van der Waals surface area contributed by atoms with Gasteiger partial charge in [-0.2, -0.15) is 0 Å². The van der Waals surface area contributed by atoms with Crippen molar-refractivity contribution in [1.29, 1.82) is 0 Å². The van der Waals surface area contributed by atoms with E-state index in [4.69, 9.17) is 9.47 Å². The fourth-order valence-corrected chi connectivity index (χ4v) is 6.69. The number of pyridine rings is 2. The molecule has 0 saturated carbocycles. The van der Waals surface area contributed by atoms with E-state index in [0.29, 0.717) is 25.9 Å². The summed E-state index contributed by atoms with van der Waals surface area (Å²) in [5, 5.41) is 6.01. The number of carbonyl (C=O) groups is 2. The van der Waals surface area contributed by atoms with E-state index < -0.39 is 0 Å². The monoisotopic (exact) mass is 712 g/mol.